The second-order valence-corrected chi connectivity index (χ2v) is 6.35. The summed E-state index contributed by atoms with van der Waals surface area (Å²) in [5.74, 6) is 1.57. The van der Waals surface area contributed by atoms with Gasteiger partial charge in [0, 0.05) is 20.3 Å². The van der Waals surface area contributed by atoms with Crippen molar-refractivity contribution in [2.45, 2.75) is 51.7 Å². The number of halogens is 1. The van der Waals surface area contributed by atoms with Gasteiger partial charge in [-0.15, -0.1) is 0 Å². The summed E-state index contributed by atoms with van der Waals surface area (Å²) in [4.78, 5) is 9.38. The van der Waals surface area contributed by atoms with E-state index in [4.69, 9.17) is 14.5 Å². The molecule has 6 heteroatoms. The number of rotatable bonds is 6. The Morgan fingerprint density at radius 2 is 2.19 bits per heavy atom. The van der Waals surface area contributed by atoms with Crippen molar-refractivity contribution >= 4 is 21.7 Å². The Morgan fingerprint density at radius 3 is 2.81 bits per heavy atom. The minimum atomic E-state index is -0.399. The van der Waals surface area contributed by atoms with Crippen LogP contribution in [-0.4, -0.2) is 30.2 Å². The van der Waals surface area contributed by atoms with E-state index in [2.05, 4.69) is 40.1 Å². The molecule has 0 radical (unpaired) electrons. The predicted molar refractivity (Wildman–Crippen MR) is 86.4 cm³/mol. The van der Waals surface area contributed by atoms with Gasteiger partial charge in [-0.25, -0.2) is 9.97 Å². The number of nitrogens with one attached hydrogen (secondary N) is 1. The average molecular weight is 358 g/mol. The molecular weight excluding hydrogens is 334 g/mol. The van der Waals surface area contributed by atoms with Gasteiger partial charge in [-0.05, 0) is 48.5 Å². The van der Waals surface area contributed by atoms with Gasteiger partial charge < -0.3 is 14.8 Å². The van der Waals surface area contributed by atoms with Crippen LogP contribution in [-0.2, 0) is 21.7 Å². The molecule has 118 valence electrons. The van der Waals surface area contributed by atoms with Gasteiger partial charge in [-0.2, -0.15) is 0 Å². The Morgan fingerprint density at radius 1 is 1.38 bits per heavy atom. The molecule has 1 saturated heterocycles. The third-order valence-electron chi connectivity index (χ3n) is 3.69. The highest BCUT2D eigenvalue weighted by atomic mass is 79.9. The molecule has 0 spiro atoms. The SMILES string of the molecule is CCCNc1nc(C2(C)CCCCO2)nc(COC)c1Br. The molecule has 0 amide bonds. The smallest absolute Gasteiger partial charge is 0.162 e. The summed E-state index contributed by atoms with van der Waals surface area (Å²) in [6.45, 7) is 6.31. The molecule has 0 saturated carbocycles. The number of anilines is 1. The van der Waals surface area contributed by atoms with Gasteiger partial charge in [-0.3, -0.25) is 0 Å². The summed E-state index contributed by atoms with van der Waals surface area (Å²) in [7, 11) is 1.67. The van der Waals surface area contributed by atoms with Crippen molar-refractivity contribution < 1.29 is 9.47 Å². The third-order valence-corrected chi connectivity index (χ3v) is 4.52. The zero-order valence-corrected chi connectivity index (χ0v) is 14.6. The van der Waals surface area contributed by atoms with E-state index < -0.39 is 5.60 Å². The van der Waals surface area contributed by atoms with Crippen molar-refractivity contribution in [3.8, 4) is 0 Å². The maximum absolute atomic E-state index is 5.98. The molecule has 0 aromatic carbocycles. The monoisotopic (exact) mass is 357 g/mol. The maximum Gasteiger partial charge on any atom is 0.162 e. The van der Waals surface area contributed by atoms with E-state index in [9.17, 15) is 0 Å². The van der Waals surface area contributed by atoms with Crippen LogP contribution in [0.25, 0.3) is 0 Å². The number of hydrogen-bond donors (Lipinski definition) is 1. The minimum Gasteiger partial charge on any atom is -0.378 e. The molecule has 1 unspecified atom stereocenters. The highest BCUT2D eigenvalue weighted by Crippen LogP contribution is 2.35. The van der Waals surface area contributed by atoms with Crippen LogP contribution in [0.5, 0.6) is 0 Å². The molecule has 21 heavy (non-hydrogen) atoms. The van der Waals surface area contributed by atoms with Crippen LogP contribution < -0.4 is 5.32 Å². The number of hydrogen-bond acceptors (Lipinski definition) is 5. The molecule has 1 aliphatic heterocycles. The number of methoxy groups -OCH3 is 1. The Kier molecular flexibility index (Phi) is 5.96. The second-order valence-electron chi connectivity index (χ2n) is 5.55. The third kappa shape index (κ3) is 3.93. The van der Waals surface area contributed by atoms with Crippen molar-refractivity contribution in [3.63, 3.8) is 0 Å². The fraction of sp³-hybridized carbons (Fsp3) is 0.733. The van der Waals surface area contributed by atoms with Crippen molar-refractivity contribution in [2.24, 2.45) is 0 Å². The lowest BCUT2D eigenvalue weighted by Crippen LogP contribution is -2.33. The molecule has 1 fully saturated rings. The van der Waals surface area contributed by atoms with Crippen molar-refractivity contribution in [2.75, 3.05) is 25.6 Å². The van der Waals surface area contributed by atoms with E-state index >= 15 is 0 Å². The topological polar surface area (TPSA) is 56.3 Å². The molecule has 2 rings (SSSR count). The molecule has 1 aromatic heterocycles. The van der Waals surface area contributed by atoms with E-state index in [1.165, 1.54) is 0 Å². The molecule has 1 atom stereocenters. The molecular formula is C15H24BrN3O2. The van der Waals surface area contributed by atoms with E-state index in [0.29, 0.717) is 6.61 Å². The Labute approximate surface area is 135 Å². The summed E-state index contributed by atoms with van der Waals surface area (Å²) in [6.07, 6.45) is 4.25. The molecule has 1 aromatic rings. The zero-order chi connectivity index (χ0) is 15.3. The molecule has 1 N–H and O–H groups in total. The highest BCUT2D eigenvalue weighted by molar-refractivity contribution is 9.10. The first-order valence-electron chi connectivity index (χ1n) is 7.54. The molecule has 2 heterocycles. The lowest BCUT2D eigenvalue weighted by molar-refractivity contribution is -0.0762. The molecule has 5 nitrogen and oxygen atoms in total. The van der Waals surface area contributed by atoms with Gasteiger partial charge in [0.1, 0.15) is 11.4 Å². The Balaban J connectivity index is 2.37. The second kappa shape index (κ2) is 7.51. The van der Waals surface area contributed by atoms with Crippen LogP contribution in [0.1, 0.15) is 51.0 Å². The standard InChI is InChI=1S/C15H24BrN3O2/c1-4-8-17-13-12(16)11(10-20-3)18-14(19-13)15(2)7-5-6-9-21-15/h4-10H2,1-3H3,(H,17,18,19). The van der Waals surface area contributed by atoms with Gasteiger partial charge in [0.05, 0.1) is 16.8 Å². The first kappa shape index (κ1) is 16.6. The van der Waals surface area contributed by atoms with Crippen molar-refractivity contribution in [3.05, 3.63) is 16.0 Å². The van der Waals surface area contributed by atoms with Crippen LogP contribution >= 0.6 is 15.9 Å². The van der Waals surface area contributed by atoms with E-state index in [1.807, 2.05) is 0 Å². The lowest BCUT2D eigenvalue weighted by atomic mass is 9.95. The van der Waals surface area contributed by atoms with Gasteiger partial charge in [0.25, 0.3) is 0 Å². The van der Waals surface area contributed by atoms with Gasteiger partial charge in [0.2, 0.25) is 0 Å². The Hall–Kier alpha value is -0.720. The number of ether oxygens (including phenoxy) is 2. The largest absolute Gasteiger partial charge is 0.378 e. The first-order chi connectivity index (χ1) is 10.1. The van der Waals surface area contributed by atoms with Gasteiger partial charge in [0.15, 0.2) is 5.82 Å². The summed E-state index contributed by atoms with van der Waals surface area (Å²) >= 11 is 3.58. The highest BCUT2D eigenvalue weighted by Gasteiger charge is 2.34. The summed E-state index contributed by atoms with van der Waals surface area (Å²) in [5.41, 5.74) is 0.459. The van der Waals surface area contributed by atoms with Gasteiger partial charge in [-0.1, -0.05) is 6.92 Å². The average Bonchev–Trinajstić information content (AvgIpc) is 2.49. The van der Waals surface area contributed by atoms with Crippen LogP contribution in [0.2, 0.25) is 0 Å². The number of aromatic nitrogens is 2. The molecule has 0 bridgehead atoms. The van der Waals surface area contributed by atoms with E-state index in [-0.39, 0.29) is 0 Å². The summed E-state index contributed by atoms with van der Waals surface area (Å²) < 4.78 is 12.1. The van der Waals surface area contributed by atoms with Crippen LogP contribution in [0, 0.1) is 0 Å². The fourth-order valence-corrected chi connectivity index (χ4v) is 2.87. The van der Waals surface area contributed by atoms with Crippen molar-refractivity contribution in [1.82, 2.24) is 9.97 Å². The molecule has 0 aliphatic carbocycles. The summed E-state index contributed by atoms with van der Waals surface area (Å²) in [5, 5.41) is 3.35. The van der Waals surface area contributed by atoms with E-state index in [1.54, 1.807) is 7.11 Å². The number of nitrogens with zero attached hydrogens (tertiary/aromatic N) is 2. The maximum atomic E-state index is 5.98. The Bertz CT molecular complexity index is 476. The fourth-order valence-electron chi connectivity index (χ4n) is 2.43. The van der Waals surface area contributed by atoms with Crippen LogP contribution in [0.4, 0.5) is 5.82 Å². The minimum absolute atomic E-state index is 0.399. The first-order valence-corrected chi connectivity index (χ1v) is 8.33. The predicted octanol–water partition coefficient (Wildman–Crippen LogP) is 3.62. The lowest BCUT2D eigenvalue weighted by Gasteiger charge is -2.33. The zero-order valence-electron chi connectivity index (χ0n) is 13.0. The van der Waals surface area contributed by atoms with Gasteiger partial charge >= 0.3 is 0 Å². The summed E-state index contributed by atoms with van der Waals surface area (Å²) in [6, 6.07) is 0. The van der Waals surface area contributed by atoms with Crippen molar-refractivity contribution in [1.29, 1.82) is 0 Å². The normalized spacial score (nSPS) is 22.3. The van der Waals surface area contributed by atoms with Crippen LogP contribution in [0.3, 0.4) is 0 Å². The van der Waals surface area contributed by atoms with Crippen LogP contribution in [0.15, 0.2) is 4.47 Å². The quantitative estimate of drug-likeness (QED) is 0.842. The van der Waals surface area contributed by atoms with E-state index in [0.717, 1.165) is 60.6 Å². The molecule has 1 aliphatic rings.